The van der Waals surface area contributed by atoms with Crippen molar-refractivity contribution in [2.24, 2.45) is 10.2 Å². The number of nitrogens with one attached hydrogen (secondary N) is 1. The van der Waals surface area contributed by atoms with Crippen LogP contribution in [0, 0.1) is 0 Å². The lowest BCUT2D eigenvalue weighted by Crippen LogP contribution is -2.42. The number of aryl methyl sites for hydroxylation is 1. The van der Waals surface area contributed by atoms with Gasteiger partial charge in [-0.2, -0.15) is 13.2 Å². The summed E-state index contributed by atoms with van der Waals surface area (Å²) in [7, 11) is -4.78. The summed E-state index contributed by atoms with van der Waals surface area (Å²) in [5.74, 6) is -2.74. The van der Waals surface area contributed by atoms with Crippen LogP contribution in [0.4, 0.5) is 35.4 Å². The monoisotopic (exact) mass is 562 g/mol. The lowest BCUT2D eigenvalue weighted by molar-refractivity contribution is -0.106. The summed E-state index contributed by atoms with van der Waals surface area (Å²) in [6.45, 7) is 11.1. The van der Waals surface area contributed by atoms with Crippen molar-refractivity contribution in [2.75, 3.05) is 15.4 Å². The van der Waals surface area contributed by atoms with Gasteiger partial charge in [0.15, 0.2) is 5.75 Å². The molecule has 3 rings (SSSR count). The van der Waals surface area contributed by atoms with Crippen LogP contribution in [0.1, 0.15) is 63.3 Å². The number of fused-ring (bicyclic) bond motifs is 1. The van der Waals surface area contributed by atoms with E-state index in [2.05, 4.69) is 25.3 Å². The number of nitrogens with zero attached hydrogens (tertiary/aromatic N) is 5. The van der Waals surface area contributed by atoms with Crippen molar-refractivity contribution in [3.05, 3.63) is 22.7 Å². The standard InChI is InChI=1S/C22H29F3N6O4S2/c1-12(2)31-13(3)7-8-14-9-15(16(10-17(14)31)30-37(33,34)11-22(23,24)25)26-28-20-29-27-18(36-20)19(32)35-21(4,5)6/h9-10,12-13,30H,7-8,11H2,1-6H3. The Kier molecular flexibility index (Phi) is 8.17. The Morgan fingerprint density at radius 2 is 1.92 bits per heavy atom. The number of rotatable bonds is 7. The Morgan fingerprint density at radius 3 is 2.51 bits per heavy atom. The predicted molar refractivity (Wildman–Crippen MR) is 135 cm³/mol. The summed E-state index contributed by atoms with van der Waals surface area (Å²) >= 11 is 0.808. The summed E-state index contributed by atoms with van der Waals surface area (Å²) in [6.07, 6.45) is -3.43. The van der Waals surface area contributed by atoms with Crippen LogP contribution in [0.2, 0.25) is 0 Å². The average Bonchev–Trinajstić information content (AvgIpc) is 3.18. The molecule has 0 fully saturated rings. The maximum Gasteiger partial charge on any atom is 0.404 e. The Morgan fingerprint density at radius 1 is 1.24 bits per heavy atom. The van der Waals surface area contributed by atoms with Crippen LogP contribution >= 0.6 is 11.3 Å². The third-order valence-electron chi connectivity index (χ3n) is 5.19. The molecule has 1 unspecified atom stereocenters. The van der Waals surface area contributed by atoms with Gasteiger partial charge in [0.25, 0.3) is 5.13 Å². The van der Waals surface area contributed by atoms with Crippen molar-refractivity contribution in [3.63, 3.8) is 0 Å². The number of ether oxygens (including phenoxy) is 1. The minimum Gasteiger partial charge on any atom is -0.455 e. The first kappa shape index (κ1) is 28.8. The molecule has 2 heterocycles. The number of carbonyl (C=O) groups is 1. The Labute approximate surface area is 217 Å². The smallest absolute Gasteiger partial charge is 0.404 e. The van der Waals surface area contributed by atoms with E-state index in [9.17, 15) is 26.4 Å². The topological polar surface area (TPSA) is 126 Å². The molecule has 0 saturated carbocycles. The number of carbonyl (C=O) groups excluding carboxylic acids is 1. The van der Waals surface area contributed by atoms with E-state index >= 15 is 0 Å². The molecule has 10 nitrogen and oxygen atoms in total. The molecule has 15 heteroatoms. The highest BCUT2D eigenvalue weighted by molar-refractivity contribution is 7.92. The van der Waals surface area contributed by atoms with Crippen LogP contribution in [0.5, 0.6) is 0 Å². The normalized spacial score (nSPS) is 16.8. The van der Waals surface area contributed by atoms with Gasteiger partial charge in [-0.15, -0.1) is 20.4 Å². The number of esters is 1. The molecule has 2 aromatic rings. The molecule has 1 N–H and O–H groups in total. The molecular formula is C22H29F3N6O4S2. The summed E-state index contributed by atoms with van der Waals surface area (Å²) in [5, 5.41) is 15.5. The molecule has 0 bridgehead atoms. The summed E-state index contributed by atoms with van der Waals surface area (Å²) in [6, 6.07) is 3.29. The van der Waals surface area contributed by atoms with E-state index < -0.39 is 33.5 Å². The average molecular weight is 563 g/mol. The van der Waals surface area contributed by atoms with Gasteiger partial charge in [-0.05, 0) is 72.1 Å². The van der Waals surface area contributed by atoms with E-state index in [0.29, 0.717) is 12.1 Å². The zero-order chi connectivity index (χ0) is 27.8. The van der Waals surface area contributed by atoms with Gasteiger partial charge in [-0.25, -0.2) is 13.2 Å². The van der Waals surface area contributed by atoms with E-state index in [1.54, 1.807) is 26.8 Å². The van der Waals surface area contributed by atoms with Crippen LogP contribution in [0.3, 0.4) is 0 Å². The van der Waals surface area contributed by atoms with E-state index in [4.69, 9.17) is 4.74 Å². The number of aromatic nitrogens is 2. The first-order valence-electron chi connectivity index (χ1n) is 11.5. The lowest BCUT2D eigenvalue weighted by atomic mass is 9.94. The third kappa shape index (κ3) is 7.84. The van der Waals surface area contributed by atoms with Crippen LogP contribution in [-0.2, 0) is 21.2 Å². The fourth-order valence-electron chi connectivity index (χ4n) is 3.93. The van der Waals surface area contributed by atoms with Gasteiger partial charge in [0, 0.05) is 17.8 Å². The van der Waals surface area contributed by atoms with Crippen LogP contribution < -0.4 is 9.62 Å². The molecule has 1 aromatic heterocycles. The second kappa shape index (κ2) is 10.5. The van der Waals surface area contributed by atoms with Crippen LogP contribution in [0.15, 0.2) is 22.4 Å². The minimum absolute atomic E-state index is 0.0109. The maximum absolute atomic E-state index is 12.9. The van der Waals surface area contributed by atoms with Gasteiger partial charge in [-0.1, -0.05) is 11.3 Å². The number of hydrogen-bond donors (Lipinski definition) is 1. The van der Waals surface area contributed by atoms with Gasteiger partial charge in [0.05, 0.1) is 5.69 Å². The summed E-state index contributed by atoms with van der Waals surface area (Å²) < 4.78 is 70.4. The summed E-state index contributed by atoms with van der Waals surface area (Å²) in [5.41, 5.74) is 0.684. The number of benzene rings is 1. The van der Waals surface area contributed by atoms with Crippen LogP contribution in [0.25, 0.3) is 0 Å². The predicted octanol–water partition coefficient (Wildman–Crippen LogP) is 5.76. The molecule has 0 saturated heterocycles. The van der Waals surface area contributed by atoms with E-state index in [0.717, 1.165) is 23.3 Å². The van der Waals surface area contributed by atoms with Crippen molar-refractivity contribution in [2.45, 2.75) is 78.2 Å². The Bertz CT molecular complexity index is 1290. The first-order chi connectivity index (χ1) is 16.9. The zero-order valence-corrected chi connectivity index (χ0v) is 22.9. The SMILES string of the molecule is CC(C)N1c2cc(NS(=O)(=O)CC(F)(F)F)c(N=Nc3nnc(C(=O)OC(C)(C)C)s3)cc2CCC1C. The van der Waals surface area contributed by atoms with Crippen LogP contribution in [-0.4, -0.2) is 54.2 Å². The molecule has 1 aliphatic rings. The van der Waals surface area contributed by atoms with Crippen molar-refractivity contribution in [3.8, 4) is 0 Å². The van der Waals surface area contributed by atoms with Gasteiger partial charge >= 0.3 is 12.1 Å². The third-order valence-corrected chi connectivity index (χ3v) is 7.21. The second-order valence-corrected chi connectivity index (χ2v) is 12.6. The molecule has 0 radical (unpaired) electrons. The maximum atomic E-state index is 12.9. The molecule has 0 spiro atoms. The fraction of sp³-hybridized carbons (Fsp3) is 0.591. The molecule has 1 atom stereocenters. The second-order valence-electron chi connectivity index (χ2n) is 9.95. The van der Waals surface area contributed by atoms with Gasteiger partial charge in [0.2, 0.25) is 15.0 Å². The van der Waals surface area contributed by atoms with E-state index in [1.165, 1.54) is 6.07 Å². The molecule has 1 aromatic carbocycles. The lowest BCUT2D eigenvalue weighted by Gasteiger charge is -2.40. The first-order valence-corrected chi connectivity index (χ1v) is 13.9. The highest BCUT2D eigenvalue weighted by Crippen LogP contribution is 2.41. The zero-order valence-electron chi connectivity index (χ0n) is 21.3. The number of halogens is 3. The number of anilines is 2. The molecular weight excluding hydrogens is 533 g/mol. The Hall–Kier alpha value is -2.81. The van der Waals surface area contributed by atoms with Gasteiger partial charge in [-0.3, -0.25) is 4.72 Å². The molecule has 37 heavy (non-hydrogen) atoms. The number of azo groups is 1. The Balaban J connectivity index is 2.00. The highest BCUT2D eigenvalue weighted by Gasteiger charge is 2.36. The van der Waals surface area contributed by atoms with Crippen molar-refractivity contribution < 1.29 is 31.1 Å². The largest absolute Gasteiger partial charge is 0.455 e. The fourth-order valence-corrected chi connectivity index (χ4v) is 5.47. The number of sulfonamides is 1. The van der Waals surface area contributed by atoms with E-state index in [1.807, 2.05) is 25.5 Å². The number of hydrogen-bond acceptors (Lipinski definition) is 10. The molecule has 0 amide bonds. The molecule has 0 aliphatic carbocycles. The van der Waals surface area contributed by atoms with Crippen molar-refractivity contribution >= 4 is 49.5 Å². The number of alkyl halides is 3. The molecule has 1 aliphatic heterocycles. The highest BCUT2D eigenvalue weighted by atomic mass is 32.2. The van der Waals surface area contributed by atoms with Gasteiger partial charge < -0.3 is 9.64 Å². The van der Waals surface area contributed by atoms with Gasteiger partial charge in [0.1, 0.15) is 11.3 Å². The van der Waals surface area contributed by atoms with Crippen molar-refractivity contribution in [1.82, 2.24) is 10.2 Å². The van der Waals surface area contributed by atoms with E-state index in [-0.39, 0.29) is 33.6 Å². The van der Waals surface area contributed by atoms with Crippen molar-refractivity contribution in [1.29, 1.82) is 0 Å². The molecule has 204 valence electrons. The quantitative estimate of drug-likeness (QED) is 0.336. The minimum atomic E-state index is -4.93. The summed E-state index contributed by atoms with van der Waals surface area (Å²) in [4.78, 5) is 14.3.